The van der Waals surface area contributed by atoms with Crippen LogP contribution in [-0.2, 0) is 0 Å². The van der Waals surface area contributed by atoms with Crippen LogP contribution in [0.4, 0.5) is 0 Å². The maximum Gasteiger partial charge on any atom is 0.0279 e. The van der Waals surface area contributed by atoms with E-state index < -0.39 is 21.1 Å². The van der Waals surface area contributed by atoms with E-state index in [0.717, 1.165) is 0 Å². The average molecular weight is 82.1 g/mol. The Bertz CT molecular complexity index is 97.1. The molecule has 0 aliphatic carbocycles. The van der Waals surface area contributed by atoms with Crippen LogP contribution in [0.5, 0.6) is 0 Å². The van der Waals surface area contributed by atoms with Gasteiger partial charge in [0, 0.05) is 8.22 Å². The molecule has 0 heterocycles. The van der Waals surface area contributed by atoms with Gasteiger partial charge in [0.2, 0.25) is 0 Å². The fourth-order valence-corrected chi connectivity index (χ4v) is 0. The summed E-state index contributed by atoms with van der Waals surface area (Å²) in [5.41, 5.74) is 0. The van der Waals surface area contributed by atoms with Crippen molar-refractivity contribution in [3.05, 3.63) is 0 Å². The van der Waals surface area contributed by atoms with Gasteiger partial charge in [-0.25, -0.2) is 0 Å². The minimum atomic E-state index is -2.30. The Labute approximate surface area is 37.4 Å². The summed E-state index contributed by atoms with van der Waals surface area (Å²) in [7, 11) is -1.86. The van der Waals surface area contributed by atoms with E-state index in [1.165, 1.54) is 6.66 Å². The highest BCUT2D eigenvalue weighted by Gasteiger charge is 1.65. The third kappa shape index (κ3) is 26.9. The molecule has 0 rings (SSSR count). The van der Waals surface area contributed by atoms with E-state index >= 15 is 0 Å². The number of rotatable bonds is 0. The third-order valence-corrected chi connectivity index (χ3v) is 0. The van der Waals surface area contributed by atoms with Gasteiger partial charge in [-0.2, -0.15) is 0 Å². The van der Waals surface area contributed by atoms with E-state index in [2.05, 4.69) is 0 Å². The zero-order valence-corrected chi connectivity index (χ0v) is 3.34. The second-order valence-electron chi connectivity index (χ2n) is 0.559. The van der Waals surface area contributed by atoms with Crippen molar-refractivity contribution >= 4 is 7.92 Å². The molecule has 0 aliphatic rings. The molecule has 0 spiro atoms. The first-order valence-electron chi connectivity index (χ1n) is 3.89. The molecule has 0 aromatic rings. The second kappa shape index (κ2) is 1.72. The molecule has 4 heavy (non-hydrogen) atoms. The largest absolute Gasteiger partial charge is 0.116 e. The Morgan fingerprint density at radius 1 is 1.75 bits per heavy atom. The Balaban J connectivity index is 4.23. The fourth-order valence-electron chi connectivity index (χ4n) is 0. The van der Waals surface area contributed by atoms with Gasteiger partial charge in [-0.15, -0.1) is 7.92 Å². The lowest BCUT2D eigenvalue weighted by Gasteiger charge is -1.81. The molecule has 0 aromatic heterocycles. The van der Waals surface area contributed by atoms with E-state index in [-0.39, 0.29) is 0 Å². The normalized spacial score (nSPS) is 37.5. The van der Waals surface area contributed by atoms with Gasteiger partial charge in [0.15, 0.2) is 0 Å². The topological polar surface area (TPSA) is 0 Å². The molecule has 0 nitrogen and oxygen atoms in total. The minimum absolute atomic E-state index is 1.27. The van der Waals surface area contributed by atoms with Crippen LogP contribution in [0.25, 0.3) is 0 Å². The fraction of sp³-hybridized carbons (Fsp3) is 1.00. The molecule has 0 amide bonds. The Kier molecular flexibility index (Phi) is 0.252. The van der Waals surface area contributed by atoms with E-state index in [0.29, 0.717) is 0 Å². The maximum atomic E-state index is 6.80. The smallest absolute Gasteiger partial charge is 0.0279 e. The van der Waals surface area contributed by atoms with Crippen LogP contribution in [0, 0.1) is 0 Å². The van der Waals surface area contributed by atoms with Crippen molar-refractivity contribution in [1.29, 1.82) is 0 Å². The van der Waals surface area contributed by atoms with Crippen LogP contribution < -0.4 is 0 Å². The van der Waals surface area contributed by atoms with Crippen LogP contribution in [-0.4, -0.2) is 19.9 Å². The Morgan fingerprint density at radius 3 is 2.25 bits per heavy atom. The van der Waals surface area contributed by atoms with E-state index in [1.54, 1.807) is 0 Å². The highest BCUT2D eigenvalue weighted by molar-refractivity contribution is 7.55. The Morgan fingerprint density at radius 2 is 2.25 bits per heavy atom. The summed E-state index contributed by atoms with van der Waals surface area (Å²) >= 11 is 0. The first-order valence-corrected chi connectivity index (χ1v) is 2.68. The molecular weight excluding hydrogens is 67.0 g/mol. The molecule has 0 unspecified atom stereocenters. The molecule has 0 radical (unpaired) electrons. The maximum absolute atomic E-state index is 6.80. The summed E-state index contributed by atoms with van der Waals surface area (Å²) in [6.45, 7) is -3.34. The monoisotopic (exact) mass is 82.1 g/mol. The minimum Gasteiger partial charge on any atom is -0.116 e. The average Bonchev–Trinajstić information content (AvgIpc) is 1.59. The summed E-state index contributed by atoms with van der Waals surface area (Å²) in [6.07, 6.45) is 0. The first kappa shape index (κ1) is 0.586. The van der Waals surface area contributed by atoms with Gasteiger partial charge >= 0.3 is 0 Å². The van der Waals surface area contributed by atoms with Gasteiger partial charge in [-0.05, 0) is 19.9 Å². The van der Waals surface area contributed by atoms with Gasteiger partial charge < -0.3 is 0 Å². The molecule has 0 aromatic carbocycles. The zero-order valence-electron chi connectivity index (χ0n) is 8.45. The number of hydrogen-bond donors (Lipinski definition) is 0. The van der Waals surface area contributed by atoms with Crippen molar-refractivity contribution in [1.82, 2.24) is 0 Å². The second-order valence-corrected chi connectivity index (χ2v) is 1.68. The molecule has 0 aliphatic heterocycles. The van der Waals surface area contributed by atoms with Crippen molar-refractivity contribution in [2.45, 2.75) is 0 Å². The van der Waals surface area contributed by atoms with Crippen molar-refractivity contribution < 1.29 is 8.22 Å². The van der Waals surface area contributed by atoms with Gasteiger partial charge in [-0.1, -0.05) is 0 Å². The van der Waals surface area contributed by atoms with Crippen LogP contribution in [0.2, 0.25) is 0 Å². The van der Waals surface area contributed by atoms with E-state index in [4.69, 9.17) is 8.22 Å². The predicted octanol–water partition coefficient (Wildman–Crippen LogP) is 1.36. The van der Waals surface area contributed by atoms with E-state index in [9.17, 15) is 0 Å². The summed E-state index contributed by atoms with van der Waals surface area (Å²) < 4.78 is 40.8. The molecule has 0 bridgehead atoms. The van der Waals surface area contributed by atoms with Crippen LogP contribution in [0.15, 0.2) is 0 Å². The molecule has 0 atom stereocenters. The summed E-state index contributed by atoms with van der Waals surface area (Å²) in [5.74, 6) is 0. The zero-order chi connectivity index (χ0) is 8.58. The van der Waals surface area contributed by atoms with Crippen molar-refractivity contribution in [2.24, 2.45) is 0 Å². The quantitative estimate of drug-likeness (QED) is 0.387. The Hall–Kier alpha value is 0.430. The van der Waals surface area contributed by atoms with Gasteiger partial charge in [-0.3, -0.25) is 0 Å². The third-order valence-electron chi connectivity index (χ3n) is 0. The predicted molar refractivity (Wildman–Crippen MR) is 24.7 cm³/mol. The molecule has 0 saturated heterocycles. The van der Waals surface area contributed by atoms with Gasteiger partial charge in [0.05, 0.1) is 0 Å². The molecule has 1 heteroatoms. The summed E-state index contributed by atoms with van der Waals surface area (Å²) in [4.78, 5) is 0. The van der Waals surface area contributed by atoms with Crippen LogP contribution in [0.1, 0.15) is 8.22 Å². The SMILES string of the molecule is [2H]C([2H])([2H])P(C)C([2H])([2H])[2H]. The van der Waals surface area contributed by atoms with Gasteiger partial charge in [0.25, 0.3) is 0 Å². The van der Waals surface area contributed by atoms with Crippen molar-refractivity contribution in [2.75, 3.05) is 19.9 Å². The standard InChI is InChI=1S/C3H9P/c1-4(2)3/h1-3H3/i1D3,2D3. The molecule has 0 saturated carbocycles. The van der Waals surface area contributed by atoms with Crippen LogP contribution in [0.3, 0.4) is 0 Å². The highest BCUT2D eigenvalue weighted by atomic mass is 31.1. The number of hydrogen-bond acceptors (Lipinski definition) is 0. The van der Waals surface area contributed by atoms with Gasteiger partial charge in [0.1, 0.15) is 0 Å². The lowest BCUT2D eigenvalue weighted by molar-refractivity contribution is 2.13. The lowest BCUT2D eigenvalue weighted by Crippen LogP contribution is -1.48. The lowest BCUT2D eigenvalue weighted by atomic mass is 11.9. The highest BCUT2D eigenvalue weighted by Crippen LogP contribution is 2.14. The van der Waals surface area contributed by atoms with Crippen LogP contribution >= 0.6 is 7.92 Å². The molecular formula is C3H9P. The van der Waals surface area contributed by atoms with Crippen molar-refractivity contribution in [3.63, 3.8) is 0 Å². The molecule has 0 N–H and O–H groups in total. The molecule has 26 valence electrons. The van der Waals surface area contributed by atoms with Crippen molar-refractivity contribution in [3.8, 4) is 0 Å². The van der Waals surface area contributed by atoms with E-state index in [1.807, 2.05) is 0 Å². The summed E-state index contributed by atoms with van der Waals surface area (Å²) in [5, 5.41) is 0. The first-order chi connectivity index (χ1) is 4.15. The summed E-state index contributed by atoms with van der Waals surface area (Å²) in [6, 6.07) is 0. The molecule has 0 fully saturated rings.